The number of rotatable bonds is 4. The molecule has 16 heavy (non-hydrogen) atoms. The monoisotopic (exact) mass is 211 g/mol. The van der Waals surface area contributed by atoms with Crippen LogP contribution < -0.4 is 0 Å². The molecule has 0 saturated carbocycles. The second kappa shape index (κ2) is 4.67. The summed E-state index contributed by atoms with van der Waals surface area (Å²) in [5.41, 5.74) is 1.84. The minimum Gasteiger partial charge on any atom is -0.347 e. The van der Waals surface area contributed by atoms with Crippen LogP contribution >= 0.6 is 0 Å². The lowest BCUT2D eigenvalue weighted by atomic mass is 10.1. The summed E-state index contributed by atoms with van der Waals surface area (Å²) < 4.78 is 2.14. The molecular weight excluding hydrogens is 198 g/mol. The third kappa shape index (κ3) is 1.85. The van der Waals surface area contributed by atoms with Crippen LogP contribution in [-0.4, -0.2) is 10.9 Å². The van der Waals surface area contributed by atoms with Crippen molar-refractivity contribution in [3.8, 4) is 12.3 Å². The summed E-state index contributed by atoms with van der Waals surface area (Å²) in [6, 6.07) is 7.75. The number of aldehydes is 1. The van der Waals surface area contributed by atoms with Crippen molar-refractivity contribution >= 4 is 17.2 Å². The number of hydrogen-bond acceptors (Lipinski definition) is 1. The number of nitrogens with zero attached hydrogens (tertiary/aromatic N) is 1. The molecule has 0 aliphatic rings. The van der Waals surface area contributed by atoms with E-state index < -0.39 is 0 Å². The molecule has 2 aromatic rings. The number of carbonyl (C=O) groups is 1. The van der Waals surface area contributed by atoms with Gasteiger partial charge in [0.25, 0.3) is 0 Å². The highest BCUT2D eigenvalue weighted by Gasteiger charge is 2.03. The maximum absolute atomic E-state index is 10.9. The molecule has 0 spiro atoms. The van der Waals surface area contributed by atoms with Gasteiger partial charge in [0, 0.05) is 35.6 Å². The molecule has 0 amide bonds. The fourth-order valence-corrected chi connectivity index (χ4v) is 1.90. The van der Waals surface area contributed by atoms with E-state index in [-0.39, 0.29) is 0 Å². The Morgan fingerprint density at radius 3 is 3.00 bits per heavy atom. The first-order valence-corrected chi connectivity index (χ1v) is 5.33. The van der Waals surface area contributed by atoms with Gasteiger partial charge in [0.2, 0.25) is 0 Å². The Labute approximate surface area is 94.9 Å². The number of terminal acetylenes is 1. The number of carbonyl (C=O) groups excluding carboxylic acids is 1. The summed E-state index contributed by atoms with van der Waals surface area (Å²) in [4.78, 5) is 10.9. The molecule has 0 aliphatic carbocycles. The second-order valence-corrected chi connectivity index (χ2v) is 3.71. The average Bonchev–Trinajstić information content (AvgIpc) is 2.73. The molecule has 0 bridgehead atoms. The zero-order valence-corrected chi connectivity index (χ0v) is 9.02. The number of unbranched alkanes of at least 4 members (excludes halogenated alkanes) is 1. The van der Waals surface area contributed by atoms with Crippen molar-refractivity contribution in [1.82, 2.24) is 4.57 Å². The Morgan fingerprint density at radius 2 is 2.25 bits per heavy atom. The molecule has 0 aliphatic heterocycles. The fraction of sp³-hybridized carbons (Fsp3) is 0.214. The van der Waals surface area contributed by atoms with Crippen LogP contribution in [0.1, 0.15) is 23.2 Å². The van der Waals surface area contributed by atoms with Gasteiger partial charge >= 0.3 is 0 Å². The summed E-state index contributed by atoms with van der Waals surface area (Å²) in [5, 5.41) is 1.01. The summed E-state index contributed by atoms with van der Waals surface area (Å²) in [7, 11) is 0. The van der Waals surface area contributed by atoms with E-state index >= 15 is 0 Å². The van der Waals surface area contributed by atoms with Gasteiger partial charge in [-0.25, -0.2) is 0 Å². The predicted octanol–water partition coefficient (Wildman–Crippen LogP) is 2.87. The van der Waals surface area contributed by atoms with E-state index in [2.05, 4.69) is 10.5 Å². The number of benzene rings is 1. The normalized spacial score (nSPS) is 10.2. The molecule has 0 radical (unpaired) electrons. The minimum absolute atomic E-state index is 0.744. The van der Waals surface area contributed by atoms with Gasteiger partial charge in [0.1, 0.15) is 0 Å². The largest absolute Gasteiger partial charge is 0.347 e. The highest BCUT2D eigenvalue weighted by Crippen LogP contribution is 2.19. The van der Waals surface area contributed by atoms with Gasteiger partial charge in [-0.05, 0) is 18.6 Å². The van der Waals surface area contributed by atoms with Crippen LogP contribution in [-0.2, 0) is 6.54 Å². The van der Waals surface area contributed by atoms with Crippen LogP contribution in [0.3, 0.4) is 0 Å². The van der Waals surface area contributed by atoms with Crippen LogP contribution in [0.25, 0.3) is 10.9 Å². The third-order valence-electron chi connectivity index (χ3n) is 2.69. The molecule has 2 rings (SSSR count). The van der Waals surface area contributed by atoms with Crippen LogP contribution in [0.5, 0.6) is 0 Å². The first-order chi connectivity index (χ1) is 7.86. The quantitative estimate of drug-likeness (QED) is 0.433. The first kappa shape index (κ1) is 10.5. The number of fused-ring (bicyclic) bond motifs is 1. The molecule has 80 valence electrons. The van der Waals surface area contributed by atoms with Crippen LogP contribution in [0.4, 0.5) is 0 Å². The van der Waals surface area contributed by atoms with Crippen molar-refractivity contribution in [2.45, 2.75) is 19.4 Å². The molecule has 1 heterocycles. The Bertz CT molecular complexity index is 545. The van der Waals surface area contributed by atoms with Crippen molar-refractivity contribution < 1.29 is 4.79 Å². The van der Waals surface area contributed by atoms with Gasteiger partial charge in [-0.1, -0.05) is 12.1 Å². The SMILES string of the molecule is C#CCCCn1ccc2c(C=O)cccc21. The lowest BCUT2D eigenvalue weighted by Crippen LogP contribution is -1.95. The zero-order chi connectivity index (χ0) is 11.4. The zero-order valence-electron chi connectivity index (χ0n) is 9.02. The van der Waals surface area contributed by atoms with Crippen molar-refractivity contribution in [2.75, 3.05) is 0 Å². The smallest absolute Gasteiger partial charge is 0.150 e. The third-order valence-corrected chi connectivity index (χ3v) is 2.69. The molecule has 0 saturated heterocycles. The molecule has 2 heteroatoms. The molecule has 0 unspecified atom stereocenters. The topological polar surface area (TPSA) is 22.0 Å². The summed E-state index contributed by atoms with van der Waals surface area (Å²) in [6.07, 6.45) is 9.87. The van der Waals surface area contributed by atoms with E-state index in [1.165, 1.54) is 0 Å². The standard InChI is InChI=1S/C14H13NO/c1-2-3-4-9-15-10-8-13-12(11-16)6-5-7-14(13)15/h1,5-8,10-11H,3-4,9H2. The second-order valence-electron chi connectivity index (χ2n) is 3.71. The fourth-order valence-electron chi connectivity index (χ4n) is 1.90. The van der Waals surface area contributed by atoms with Crippen molar-refractivity contribution in [2.24, 2.45) is 0 Å². The Balaban J connectivity index is 2.34. The predicted molar refractivity (Wildman–Crippen MR) is 65.4 cm³/mol. The molecule has 1 aromatic carbocycles. The Morgan fingerprint density at radius 1 is 1.38 bits per heavy atom. The molecule has 0 N–H and O–H groups in total. The molecule has 0 fully saturated rings. The van der Waals surface area contributed by atoms with Gasteiger partial charge < -0.3 is 4.57 Å². The van der Waals surface area contributed by atoms with Gasteiger partial charge in [0.05, 0.1) is 0 Å². The number of aromatic nitrogens is 1. The number of hydrogen-bond donors (Lipinski definition) is 0. The van der Waals surface area contributed by atoms with Crippen molar-refractivity contribution in [1.29, 1.82) is 0 Å². The van der Waals surface area contributed by atoms with E-state index in [1.54, 1.807) is 0 Å². The highest BCUT2D eigenvalue weighted by atomic mass is 16.1. The van der Waals surface area contributed by atoms with Crippen LogP contribution in [0.2, 0.25) is 0 Å². The lowest BCUT2D eigenvalue weighted by molar-refractivity contribution is 0.112. The summed E-state index contributed by atoms with van der Waals surface area (Å²) in [6.45, 7) is 0.899. The van der Waals surface area contributed by atoms with Crippen LogP contribution in [0, 0.1) is 12.3 Å². The number of aryl methyl sites for hydroxylation is 1. The van der Waals surface area contributed by atoms with E-state index in [1.807, 2.05) is 30.5 Å². The first-order valence-electron chi connectivity index (χ1n) is 5.33. The molecule has 0 atom stereocenters. The van der Waals surface area contributed by atoms with Gasteiger partial charge in [0.15, 0.2) is 6.29 Å². The minimum atomic E-state index is 0.744. The van der Waals surface area contributed by atoms with Crippen LogP contribution in [0.15, 0.2) is 30.5 Å². The molecule has 1 aromatic heterocycles. The molecular formula is C14H13NO. The summed E-state index contributed by atoms with van der Waals surface area (Å²) in [5.74, 6) is 2.63. The van der Waals surface area contributed by atoms with E-state index in [4.69, 9.17) is 6.42 Å². The Hall–Kier alpha value is -2.01. The van der Waals surface area contributed by atoms with E-state index in [9.17, 15) is 4.79 Å². The van der Waals surface area contributed by atoms with Crippen molar-refractivity contribution in [3.05, 3.63) is 36.0 Å². The maximum Gasteiger partial charge on any atom is 0.150 e. The Kier molecular flexibility index (Phi) is 3.07. The molecule has 2 nitrogen and oxygen atoms in total. The van der Waals surface area contributed by atoms with Crippen molar-refractivity contribution in [3.63, 3.8) is 0 Å². The van der Waals surface area contributed by atoms with E-state index in [0.717, 1.165) is 42.1 Å². The summed E-state index contributed by atoms with van der Waals surface area (Å²) >= 11 is 0. The maximum atomic E-state index is 10.9. The van der Waals surface area contributed by atoms with Gasteiger partial charge in [-0.2, -0.15) is 0 Å². The highest BCUT2D eigenvalue weighted by molar-refractivity contribution is 5.97. The van der Waals surface area contributed by atoms with E-state index in [0.29, 0.717) is 0 Å². The van der Waals surface area contributed by atoms with Gasteiger partial charge in [-0.15, -0.1) is 12.3 Å². The van der Waals surface area contributed by atoms with Gasteiger partial charge in [-0.3, -0.25) is 4.79 Å². The average molecular weight is 211 g/mol. The lowest BCUT2D eigenvalue weighted by Gasteiger charge is -2.03.